The van der Waals surface area contributed by atoms with Crippen LogP contribution in [0.4, 0.5) is 11.4 Å². The lowest BCUT2D eigenvalue weighted by molar-refractivity contribution is 0.354. The van der Waals surface area contributed by atoms with Gasteiger partial charge in [0, 0.05) is 17.7 Å². The molecule has 0 atom stereocenters. The first-order chi connectivity index (χ1) is 18.2. The number of hydrogen-bond donors (Lipinski definition) is 0. The molecule has 2 heterocycles. The molecule has 1 aliphatic heterocycles. The van der Waals surface area contributed by atoms with E-state index in [0.29, 0.717) is 29.3 Å². The van der Waals surface area contributed by atoms with Gasteiger partial charge in [0.25, 0.3) is 0 Å². The third-order valence-electron chi connectivity index (χ3n) is 6.86. The Kier molecular flexibility index (Phi) is 5.66. The summed E-state index contributed by atoms with van der Waals surface area (Å²) in [6.45, 7) is 0.704. The van der Waals surface area contributed by atoms with E-state index in [0.717, 1.165) is 51.0 Å². The van der Waals surface area contributed by atoms with Gasteiger partial charge in [-0.05, 0) is 53.1 Å². The van der Waals surface area contributed by atoms with E-state index in [1.54, 1.807) is 14.2 Å². The Morgan fingerprint density at radius 1 is 0.784 bits per heavy atom. The normalized spacial score (nSPS) is 12.2. The molecule has 0 saturated carbocycles. The van der Waals surface area contributed by atoms with E-state index in [1.165, 1.54) is 0 Å². The largest absolute Gasteiger partial charge is 0.493 e. The monoisotopic (exact) mass is 484 g/mol. The highest BCUT2D eigenvalue weighted by Gasteiger charge is 2.30. The van der Waals surface area contributed by atoms with Crippen molar-refractivity contribution in [1.82, 2.24) is 4.57 Å². The van der Waals surface area contributed by atoms with Gasteiger partial charge in [-0.25, -0.2) is 0 Å². The Morgan fingerprint density at radius 2 is 1.51 bits per heavy atom. The quantitative estimate of drug-likeness (QED) is 0.239. The molecule has 0 radical (unpaired) electrons. The molecule has 6 heteroatoms. The third-order valence-corrected chi connectivity index (χ3v) is 6.86. The molecule has 0 aliphatic carbocycles. The van der Waals surface area contributed by atoms with Crippen LogP contribution in [0.25, 0.3) is 33.3 Å². The molecule has 5 aromatic rings. The second-order valence-electron chi connectivity index (χ2n) is 8.90. The van der Waals surface area contributed by atoms with Gasteiger partial charge >= 0.3 is 0 Å². The molecule has 180 valence electrons. The van der Waals surface area contributed by atoms with Crippen molar-refractivity contribution in [2.45, 2.75) is 13.0 Å². The minimum atomic E-state index is 0.496. The molecule has 37 heavy (non-hydrogen) atoms. The Bertz CT molecular complexity index is 1710. The summed E-state index contributed by atoms with van der Waals surface area (Å²) in [6.07, 6.45) is 0.790. The van der Waals surface area contributed by atoms with Crippen molar-refractivity contribution in [3.8, 4) is 40.1 Å². The van der Waals surface area contributed by atoms with E-state index in [-0.39, 0.29) is 0 Å². The number of nitriles is 1. The zero-order valence-electron chi connectivity index (χ0n) is 20.6. The molecule has 4 aromatic carbocycles. The van der Waals surface area contributed by atoms with Crippen molar-refractivity contribution in [2.75, 3.05) is 14.2 Å². The standard InChI is InChI=1S/C31H24N4O2/c1-36-27-17-22-14-15-35-30(23-13-12-20-8-6-7-9-21(20)16-23)29(34-33-24-10-4-3-5-11-24)26(19-32)31(35)25(22)18-28(27)37-2/h3-13,16-18H,14-15H2,1-2H3. The number of aromatic nitrogens is 1. The number of rotatable bonds is 5. The van der Waals surface area contributed by atoms with Gasteiger partial charge in [-0.1, -0.05) is 54.6 Å². The van der Waals surface area contributed by atoms with E-state index < -0.39 is 0 Å². The van der Waals surface area contributed by atoms with Crippen molar-refractivity contribution in [3.63, 3.8) is 0 Å². The zero-order valence-corrected chi connectivity index (χ0v) is 20.6. The number of aryl methyl sites for hydroxylation is 1. The van der Waals surface area contributed by atoms with E-state index in [1.807, 2.05) is 54.6 Å². The molecular formula is C31H24N4O2. The number of methoxy groups -OCH3 is 2. The fraction of sp³-hybridized carbons (Fsp3) is 0.129. The van der Waals surface area contributed by atoms with Crippen LogP contribution in [0.3, 0.4) is 0 Å². The predicted octanol–water partition coefficient (Wildman–Crippen LogP) is 7.84. The van der Waals surface area contributed by atoms with E-state index in [4.69, 9.17) is 9.47 Å². The molecule has 1 aromatic heterocycles. The second kappa shape index (κ2) is 9.29. The summed E-state index contributed by atoms with van der Waals surface area (Å²) in [6, 6.07) is 30.6. The van der Waals surface area contributed by atoms with Crippen LogP contribution in [0, 0.1) is 11.3 Å². The van der Waals surface area contributed by atoms with Crippen molar-refractivity contribution < 1.29 is 9.47 Å². The highest BCUT2D eigenvalue weighted by atomic mass is 16.5. The molecule has 0 unspecified atom stereocenters. The van der Waals surface area contributed by atoms with E-state index in [9.17, 15) is 5.26 Å². The Morgan fingerprint density at radius 3 is 2.27 bits per heavy atom. The van der Waals surface area contributed by atoms with Gasteiger partial charge in [0.2, 0.25) is 0 Å². The van der Waals surface area contributed by atoms with Crippen LogP contribution in [0.2, 0.25) is 0 Å². The average molecular weight is 485 g/mol. The molecule has 0 spiro atoms. The Labute approximate surface area is 215 Å². The lowest BCUT2D eigenvalue weighted by Crippen LogP contribution is -2.12. The van der Waals surface area contributed by atoms with Crippen molar-refractivity contribution >= 4 is 22.1 Å². The fourth-order valence-electron chi connectivity index (χ4n) is 5.12. The topological polar surface area (TPSA) is 71.9 Å². The summed E-state index contributed by atoms with van der Waals surface area (Å²) in [7, 11) is 3.26. The molecule has 1 aliphatic rings. The number of azo groups is 1. The van der Waals surface area contributed by atoms with Gasteiger partial charge in [-0.3, -0.25) is 0 Å². The number of benzene rings is 4. The molecular weight excluding hydrogens is 460 g/mol. The molecule has 6 rings (SSSR count). The van der Waals surface area contributed by atoms with Crippen LogP contribution in [0.5, 0.6) is 11.5 Å². The maximum Gasteiger partial charge on any atom is 0.161 e. The maximum absolute atomic E-state index is 10.4. The van der Waals surface area contributed by atoms with E-state index >= 15 is 0 Å². The predicted molar refractivity (Wildman–Crippen MR) is 145 cm³/mol. The van der Waals surface area contributed by atoms with Gasteiger partial charge in [-0.15, -0.1) is 5.11 Å². The average Bonchev–Trinajstić information content (AvgIpc) is 3.29. The Balaban J connectivity index is 1.64. The second-order valence-corrected chi connectivity index (χ2v) is 8.90. The van der Waals surface area contributed by atoms with Gasteiger partial charge in [0.1, 0.15) is 17.3 Å². The zero-order chi connectivity index (χ0) is 25.4. The highest BCUT2D eigenvalue weighted by Crippen LogP contribution is 2.48. The Hall–Kier alpha value is -4.89. The first kappa shape index (κ1) is 22.6. The van der Waals surface area contributed by atoms with Crippen LogP contribution < -0.4 is 9.47 Å². The van der Waals surface area contributed by atoms with Crippen LogP contribution in [-0.4, -0.2) is 18.8 Å². The maximum atomic E-state index is 10.4. The lowest BCUT2D eigenvalue weighted by atomic mass is 9.95. The van der Waals surface area contributed by atoms with Crippen LogP contribution in [0.15, 0.2) is 95.2 Å². The molecule has 0 saturated heterocycles. The summed E-state index contributed by atoms with van der Waals surface area (Å²) in [4.78, 5) is 0. The van der Waals surface area contributed by atoms with Gasteiger partial charge in [-0.2, -0.15) is 10.4 Å². The highest BCUT2D eigenvalue weighted by molar-refractivity contribution is 5.93. The minimum absolute atomic E-state index is 0.496. The first-order valence-corrected chi connectivity index (χ1v) is 12.1. The molecule has 0 fully saturated rings. The van der Waals surface area contributed by atoms with Gasteiger partial charge < -0.3 is 14.0 Å². The summed E-state index contributed by atoms with van der Waals surface area (Å²) in [5.41, 5.74) is 6.56. The fourth-order valence-corrected chi connectivity index (χ4v) is 5.12. The smallest absolute Gasteiger partial charge is 0.161 e. The SMILES string of the molecule is COc1cc2c(cc1OC)-c1c(C#N)c(N=Nc3ccccc3)c(-c3ccc4ccccc4c3)n1CC2. The van der Waals surface area contributed by atoms with Gasteiger partial charge in [0.15, 0.2) is 11.5 Å². The molecule has 0 amide bonds. The summed E-state index contributed by atoms with van der Waals surface area (Å²) in [5.74, 6) is 1.30. The van der Waals surface area contributed by atoms with E-state index in [2.05, 4.69) is 51.2 Å². The number of ether oxygens (including phenoxy) is 2. The third kappa shape index (κ3) is 3.82. The first-order valence-electron chi connectivity index (χ1n) is 12.1. The minimum Gasteiger partial charge on any atom is -0.493 e. The molecule has 6 nitrogen and oxygen atoms in total. The number of fused-ring (bicyclic) bond motifs is 4. The molecule has 0 N–H and O–H groups in total. The summed E-state index contributed by atoms with van der Waals surface area (Å²) >= 11 is 0. The van der Waals surface area contributed by atoms with Gasteiger partial charge in [0.05, 0.1) is 31.3 Å². The van der Waals surface area contributed by atoms with Crippen molar-refractivity contribution in [3.05, 3.63) is 96.1 Å². The molecule has 0 bridgehead atoms. The van der Waals surface area contributed by atoms with Crippen LogP contribution in [0.1, 0.15) is 11.1 Å². The van der Waals surface area contributed by atoms with Crippen LogP contribution in [-0.2, 0) is 13.0 Å². The number of hydrogen-bond acceptors (Lipinski definition) is 5. The van der Waals surface area contributed by atoms with Crippen molar-refractivity contribution in [2.24, 2.45) is 10.2 Å². The summed E-state index contributed by atoms with van der Waals surface area (Å²) in [5, 5.41) is 21.9. The van der Waals surface area contributed by atoms with Crippen LogP contribution >= 0.6 is 0 Å². The number of nitrogens with zero attached hydrogens (tertiary/aromatic N) is 4. The van der Waals surface area contributed by atoms with Crippen molar-refractivity contribution in [1.29, 1.82) is 5.26 Å². The summed E-state index contributed by atoms with van der Waals surface area (Å²) < 4.78 is 13.4. The lowest BCUT2D eigenvalue weighted by Gasteiger charge is -2.23.